The van der Waals surface area contributed by atoms with E-state index >= 15 is 0 Å². The van der Waals surface area contributed by atoms with E-state index in [2.05, 4.69) is 41.9 Å². The largest absolute Gasteiger partial charge is 0.383 e. The second-order valence-electron chi connectivity index (χ2n) is 16.7. The van der Waals surface area contributed by atoms with Gasteiger partial charge in [-0.1, -0.05) is 36.4 Å². The van der Waals surface area contributed by atoms with Crippen molar-refractivity contribution in [3.05, 3.63) is 108 Å². The van der Waals surface area contributed by atoms with Gasteiger partial charge in [-0.15, -0.1) is 0 Å². The first kappa shape index (κ1) is 49.3. The Labute approximate surface area is 393 Å². The van der Waals surface area contributed by atoms with E-state index < -0.39 is 26.0 Å². The number of carbonyl (C=O) groups is 2. The molecule has 2 aromatic carbocycles. The van der Waals surface area contributed by atoms with Crippen molar-refractivity contribution in [1.29, 1.82) is 0 Å². The van der Waals surface area contributed by atoms with Crippen LogP contribution in [-0.4, -0.2) is 175 Å². The van der Waals surface area contributed by atoms with E-state index in [1.54, 1.807) is 62.1 Å². The monoisotopic (exact) mass is 956 g/mol. The zero-order chi connectivity index (χ0) is 47.6. The van der Waals surface area contributed by atoms with Gasteiger partial charge in [-0.3, -0.25) is 19.7 Å². The van der Waals surface area contributed by atoms with Crippen molar-refractivity contribution >= 4 is 43.5 Å². The number of anilines is 2. The second-order valence-corrected chi connectivity index (χ2v) is 20.6. The maximum absolute atomic E-state index is 13.0. The summed E-state index contributed by atoms with van der Waals surface area (Å²) in [5, 5.41) is 11.3. The topological polar surface area (TPSA) is 201 Å². The number of aromatic nitrogens is 2. The summed E-state index contributed by atoms with van der Waals surface area (Å²) >= 11 is 0. The van der Waals surface area contributed by atoms with Gasteiger partial charge in [0.1, 0.15) is 11.6 Å². The molecule has 8 rings (SSSR count). The third-order valence-electron chi connectivity index (χ3n) is 12.5. The number of hydrogen-bond acceptors (Lipinski definition) is 14. The fourth-order valence-electron chi connectivity index (χ4n) is 8.26. The van der Waals surface area contributed by atoms with Gasteiger partial charge in [-0.2, -0.15) is 8.61 Å². The molecule has 0 saturated carbocycles. The van der Waals surface area contributed by atoms with Gasteiger partial charge >= 0.3 is 0 Å². The molecule has 2 amide bonds. The van der Waals surface area contributed by atoms with E-state index in [-0.39, 0.29) is 41.8 Å². The van der Waals surface area contributed by atoms with Gasteiger partial charge in [-0.05, 0) is 79.5 Å². The van der Waals surface area contributed by atoms with Gasteiger partial charge in [0, 0.05) is 134 Å². The van der Waals surface area contributed by atoms with Gasteiger partial charge in [0.2, 0.25) is 26.0 Å². The molecule has 0 aliphatic carbocycles. The lowest BCUT2D eigenvalue weighted by Gasteiger charge is -2.35. The molecule has 4 aromatic rings. The summed E-state index contributed by atoms with van der Waals surface area (Å²) in [6, 6.07) is 21.7. The maximum atomic E-state index is 13.0. The molecule has 3 N–H and O–H groups in total. The highest BCUT2D eigenvalue weighted by molar-refractivity contribution is 7.89. The Bertz CT molecular complexity index is 2600. The van der Waals surface area contributed by atoms with Gasteiger partial charge in [-0.25, -0.2) is 32.3 Å². The maximum Gasteiger partial charge on any atom is 0.270 e. The third-order valence-corrected chi connectivity index (χ3v) is 16.3. The van der Waals surface area contributed by atoms with Crippen LogP contribution in [0.5, 0.6) is 0 Å². The zero-order valence-corrected chi connectivity index (χ0v) is 39.9. The number of nitrogens with zero attached hydrogens (tertiary/aromatic N) is 8. The van der Waals surface area contributed by atoms with Gasteiger partial charge in [0.15, 0.2) is 0 Å². The molecule has 4 aliphatic heterocycles. The lowest BCUT2D eigenvalue weighted by atomic mass is 10.1. The molecule has 2 aromatic heterocycles. The number of methoxy groups -OCH3 is 1. The zero-order valence-electron chi connectivity index (χ0n) is 38.3. The summed E-state index contributed by atoms with van der Waals surface area (Å²) in [5.74, 6) is 1.15. The molecular formula is C47H60N10O8S2. The van der Waals surface area contributed by atoms with Gasteiger partial charge in [0.05, 0.1) is 16.4 Å². The van der Waals surface area contributed by atoms with Gasteiger partial charge < -0.3 is 24.8 Å². The SMILES string of the molecule is CNC(=O)C1=CCN(S(=O)(=O)c2ccc(-c3ccc(N4CCN(C)CC4)nc3)cc2)CC1.COCCN1CCN(c2ccc(-c3ccc(S(=O)(=O)N4CC=C(C(=O)NO)CC4)cc3)cn2)CC1. The first-order chi connectivity index (χ1) is 32.3. The predicted molar refractivity (Wildman–Crippen MR) is 256 cm³/mol. The lowest BCUT2D eigenvalue weighted by Crippen LogP contribution is -2.47. The Morgan fingerprint density at radius 2 is 1.04 bits per heavy atom. The number of benzene rings is 2. The van der Waals surface area contributed by atoms with Crippen LogP contribution in [0.3, 0.4) is 0 Å². The van der Waals surface area contributed by atoms with Crippen LogP contribution in [-0.2, 0) is 34.4 Å². The minimum atomic E-state index is -3.69. The predicted octanol–water partition coefficient (Wildman–Crippen LogP) is 2.91. The Kier molecular flexibility index (Phi) is 16.5. The Balaban J connectivity index is 0.000000200. The number of likely N-dealkylation sites (N-methyl/N-ethyl adjacent to an activating group) is 2. The summed E-state index contributed by atoms with van der Waals surface area (Å²) in [6.45, 7) is 10.2. The average Bonchev–Trinajstić information content (AvgIpc) is 3.38. The number of carbonyl (C=O) groups excluding carboxylic acids is 2. The minimum absolute atomic E-state index is 0.0822. The molecule has 0 unspecified atom stereocenters. The lowest BCUT2D eigenvalue weighted by molar-refractivity contribution is -0.125. The number of hydrogen-bond donors (Lipinski definition) is 3. The van der Waals surface area contributed by atoms with Crippen LogP contribution in [0.15, 0.2) is 118 Å². The highest BCUT2D eigenvalue weighted by atomic mass is 32.2. The van der Waals surface area contributed by atoms with Crippen LogP contribution in [0.2, 0.25) is 0 Å². The molecule has 6 heterocycles. The van der Waals surface area contributed by atoms with E-state index in [4.69, 9.17) is 9.94 Å². The highest BCUT2D eigenvalue weighted by Gasteiger charge is 2.29. The van der Waals surface area contributed by atoms with Crippen molar-refractivity contribution in [3.63, 3.8) is 0 Å². The van der Waals surface area contributed by atoms with Crippen LogP contribution >= 0.6 is 0 Å². The Morgan fingerprint density at radius 1 is 0.612 bits per heavy atom. The van der Waals surface area contributed by atoms with Crippen LogP contribution < -0.4 is 20.6 Å². The molecule has 0 spiro atoms. The number of pyridine rings is 2. The van der Waals surface area contributed by atoms with Crippen molar-refractivity contribution in [2.45, 2.75) is 22.6 Å². The van der Waals surface area contributed by atoms with Crippen LogP contribution in [0, 0.1) is 0 Å². The first-order valence-electron chi connectivity index (χ1n) is 22.4. The van der Waals surface area contributed by atoms with E-state index in [0.29, 0.717) is 24.1 Å². The molecule has 20 heteroatoms. The number of nitrogens with one attached hydrogen (secondary N) is 2. The van der Waals surface area contributed by atoms with Crippen LogP contribution in [0.1, 0.15) is 12.8 Å². The quantitative estimate of drug-likeness (QED) is 0.131. The summed E-state index contributed by atoms with van der Waals surface area (Å²) in [7, 11) is -1.88. The number of piperazine rings is 2. The molecule has 2 fully saturated rings. The smallest absolute Gasteiger partial charge is 0.270 e. The van der Waals surface area contributed by atoms with Crippen molar-refractivity contribution in [2.75, 3.05) is 123 Å². The molecule has 0 bridgehead atoms. The van der Waals surface area contributed by atoms with E-state index in [1.807, 2.05) is 48.8 Å². The summed E-state index contributed by atoms with van der Waals surface area (Å²) in [5.41, 5.74) is 6.24. The van der Waals surface area contributed by atoms with E-state index in [1.165, 1.54) is 14.7 Å². The van der Waals surface area contributed by atoms with Crippen molar-refractivity contribution in [3.8, 4) is 22.3 Å². The van der Waals surface area contributed by atoms with E-state index in [9.17, 15) is 26.4 Å². The summed E-state index contributed by atoms with van der Waals surface area (Å²) in [4.78, 5) is 42.2. The average molecular weight is 957 g/mol. The number of amides is 2. The number of rotatable bonds is 13. The Morgan fingerprint density at radius 3 is 1.42 bits per heavy atom. The Hall–Kier alpha value is -5.58. The van der Waals surface area contributed by atoms with Gasteiger partial charge in [0.25, 0.3) is 5.91 Å². The third kappa shape index (κ3) is 12.1. The standard InChI is InChI=1S/C24H31N5O5S.C23H29N5O3S/c1-34-17-16-27-12-14-28(15-13-27)23-7-4-21(18-25-23)19-2-5-22(6-3-19)35(32,33)29-10-8-20(9-11-29)24(30)26-31;1-24-23(29)19-9-11-28(12-10-19)32(30,31)21-6-3-18(4-7-21)20-5-8-22(25-17-20)27-15-13-26(2)14-16-27/h2-8,18,31H,9-17H2,1H3,(H,26,30);3-9,17H,10-16H2,1-2H3,(H,24,29). The number of ether oxygens (including phenoxy) is 1. The van der Waals surface area contributed by atoms with Crippen molar-refractivity contribution < 1.29 is 36.4 Å². The molecule has 18 nitrogen and oxygen atoms in total. The molecule has 4 aliphatic rings. The van der Waals surface area contributed by atoms with Crippen molar-refractivity contribution in [2.24, 2.45) is 0 Å². The normalized spacial score (nSPS) is 18.0. The van der Waals surface area contributed by atoms with Crippen LogP contribution in [0.4, 0.5) is 11.6 Å². The highest BCUT2D eigenvalue weighted by Crippen LogP contribution is 2.28. The molecular weight excluding hydrogens is 897 g/mol. The molecule has 0 atom stereocenters. The molecule has 358 valence electrons. The number of sulfonamides is 2. The van der Waals surface area contributed by atoms with Crippen LogP contribution in [0.25, 0.3) is 22.3 Å². The summed E-state index contributed by atoms with van der Waals surface area (Å²) in [6.07, 6.45) is 7.51. The van der Waals surface area contributed by atoms with E-state index in [0.717, 1.165) is 99.4 Å². The summed E-state index contributed by atoms with van der Waals surface area (Å²) < 4.78 is 59.9. The first-order valence-corrected chi connectivity index (χ1v) is 25.3. The fraction of sp³-hybridized carbons (Fsp3) is 0.404. The second kappa shape index (κ2) is 22.5. The van der Waals surface area contributed by atoms with Crippen molar-refractivity contribution in [1.82, 2.24) is 39.2 Å². The number of hydroxylamine groups is 1. The molecule has 2 saturated heterocycles. The minimum Gasteiger partial charge on any atom is -0.383 e. The fourth-order valence-corrected chi connectivity index (χ4v) is 11.0. The molecule has 67 heavy (non-hydrogen) atoms. The molecule has 0 radical (unpaired) electrons.